The van der Waals surface area contributed by atoms with Crippen LogP contribution >= 0.6 is 0 Å². The van der Waals surface area contributed by atoms with Crippen molar-refractivity contribution in [2.75, 3.05) is 43.9 Å². The average Bonchev–Trinajstić information content (AvgIpc) is 2.39. The molecule has 0 aliphatic carbocycles. The molecule has 0 unspecified atom stereocenters. The van der Waals surface area contributed by atoms with Gasteiger partial charge in [0.1, 0.15) is 0 Å². The predicted molar refractivity (Wildman–Crippen MR) is 73.7 cm³/mol. The van der Waals surface area contributed by atoms with Crippen LogP contribution in [0.15, 0.2) is 24.3 Å². The van der Waals surface area contributed by atoms with E-state index in [0.29, 0.717) is 5.82 Å². The maximum absolute atomic E-state index is 6.02. The zero-order valence-corrected chi connectivity index (χ0v) is 10.5. The summed E-state index contributed by atoms with van der Waals surface area (Å²) in [7, 11) is 2.13. The van der Waals surface area contributed by atoms with Crippen LogP contribution in [0.1, 0.15) is 0 Å². The van der Waals surface area contributed by atoms with Gasteiger partial charge in [0.25, 0.3) is 0 Å². The lowest BCUT2D eigenvalue weighted by Gasteiger charge is -2.33. The Balaban J connectivity index is 1.98. The Labute approximate surface area is 106 Å². The van der Waals surface area contributed by atoms with E-state index in [2.05, 4.69) is 26.8 Å². The maximum Gasteiger partial charge on any atom is 0.172 e. The van der Waals surface area contributed by atoms with Gasteiger partial charge in [-0.15, -0.1) is 0 Å². The van der Waals surface area contributed by atoms with Crippen molar-refractivity contribution in [2.45, 2.75) is 0 Å². The highest BCUT2D eigenvalue weighted by atomic mass is 15.3. The zero-order valence-electron chi connectivity index (χ0n) is 10.5. The molecule has 2 heterocycles. The van der Waals surface area contributed by atoms with Crippen LogP contribution in [-0.2, 0) is 0 Å². The zero-order chi connectivity index (χ0) is 12.5. The fraction of sp³-hybridized carbons (Fsp3) is 0.385. The fourth-order valence-corrected chi connectivity index (χ4v) is 2.26. The number of para-hydroxylation sites is 2. The first-order valence-electron chi connectivity index (χ1n) is 6.20. The first-order chi connectivity index (χ1) is 8.74. The lowest BCUT2D eigenvalue weighted by atomic mass is 10.3. The molecule has 3 rings (SSSR count). The third kappa shape index (κ3) is 1.97. The molecule has 0 saturated carbocycles. The number of nitrogens with two attached hydrogens (primary N) is 1. The highest BCUT2D eigenvalue weighted by Gasteiger charge is 2.18. The third-order valence-corrected chi connectivity index (χ3v) is 3.38. The van der Waals surface area contributed by atoms with Crippen molar-refractivity contribution in [3.05, 3.63) is 24.3 Å². The molecule has 0 radical (unpaired) electrons. The molecule has 1 aliphatic rings. The fourth-order valence-electron chi connectivity index (χ4n) is 2.26. The third-order valence-electron chi connectivity index (χ3n) is 3.38. The maximum atomic E-state index is 6.02. The van der Waals surface area contributed by atoms with E-state index in [1.807, 2.05) is 24.3 Å². The van der Waals surface area contributed by atoms with Crippen molar-refractivity contribution >= 4 is 22.7 Å². The number of nitrogens with zero attached hydrogens (tertiary/aromatic N) is 4. The van der Waals surface area contributed by atoms with Crippen LogP contribution < -0.4 is 10.6 Å². The molecule has 2 aromatic rings. The number of hydrogen-bond acceptors (Lipinski definition) is 5. The van der Waals surface area contributed by atoms with E-state index in [-0.39, 0.29) is 0 Å². The highest BCUT2D eigenvalue weighted by Crippen LogP contribution is 2.23. The summed E-state index contributed by atoms with van der Waals surface area (Å²) in [4.78, 5) is 13.6. The average molecular weight is 243 g/mol. The Morgan fingerprint density at radius 1 is 1.00 bits per heavy atom. The Morgan fingerprint density at radius 2 is 1.61 bits per heavy atom. The minimum atomic E-state index is 0.526. The van der Waals surface area contributed by atoms with Crippen LogP contribution in [0.2, 0.25) is 0 Å². The van der Waals surface area contributed by atoms with Crippen molar-refractivity contribution in [2.24, 2.45) is 0 Å². The minimum absolute atomic E-state index is 0.526. The Kier molecular flexibility index (Phi) is 2.76. The van der Waals surface area contributed by atoms with E-state index < -0.39 is 0 Å². The van der Waals surface area contributed by atoms with E-state index in [9.17, 15) is 0 Å². The highest BCUT2D eigenvalue weighted by molar-refractivity contribution is 5.79. The summed E-state index contributed by atoms with van der Waals surface area (Å²) in [5, 5.41) is 0. The van der Waals surface area contributed by atoms with E-state index in [1.165, 1.54) is 0 Å². The first kappa shape index (κ1) is 11.2. The van der Waals surface area contributed by atoms with Crippen LogP contribution in [0.4, 0.5) is 11.6 Å². The summed E-state index contributed by atoms with van der Waals surface area (Å²) >= 11 is 0. The number of piperazine rings is 1. The lowest BCUT2D eigenvalue weighted by molar-refractivity contribution is 0.312. The molecule has 0 bridgehead atoms. The molecule has 94 valence electrons. The molecule has 1 saturated heterocycles. The van der Waals surface area contributed by atoms with Crippen LogP contribution in [-0.4, -0.2) is 48.1 Å². The second kappa shape index (κ2) is 4.42. The molecule has 5 heteroatoms. The monoisotopic (exact) mass is 243 g/mol. The van der Waals surface area contributed by atoms with Crippen molar-refractivity contribution in [1.29, 1.82) is 0 Å². The molecule has 2 N–H and O–H groups in total. The van der Waals surface area contributed by atoms with Gasteiger partial charge in [0.2, 0.25) is 0 Å². The van der Waals surface area contributed by atoms with Gasteiger partial charge in [-0.1, -0.05) is 12.1 Å². The Bertz CT molecular complexity index is 560. The van der Waals surface area contributed by atoms with Gasteiger partial charge in [-0.3, -0.25) is 0 Å². The van der Waals surface area contributed by atoms with Crippen LogP contribution in [0.25, 0.3) is 11.0 Å². The largest absolute Gasteiger partial charge is 0.381 e. The van der Waals surface area contributed by atoms with Crippen LogP contribution in [0.3, 0.4) is 0 Å². The molecule has 18 heavy (non-hydrogen) atoms. The van der Waals surface area contributed by atoms with Crippen molar-refractivity contribution in [1.82, 2.24) is 14.9 Å². The molecular weight excluding hydrogens is 226 g/mol. The van der Waals surface area contributed by atoms with Crippen LogP contribution in [0.5, 0.6) is 0 Å². The van der Waals surface area contributed by atoms with Gasteiger partial charge in [-0.25, -0.2) is 9.97 Å². The molecule has 0 amide bonds. The summed E-state index contributed by atoms with van der Waals surface area (Å²) in [6.07, 6.45) is 0. The Hall–Kier alpha value is -1.88. The molecule has 5 nitrogen and oxygen atoms in total. The van der Waals surface area contributed by atoms with E-state index in [0.717, 1.165) is 43.0 Å². The summed E-state index contributed by atoms with van der Waals surface area (Å²) in [6, 6.07) is 7.83. The number of hydrogen-bond donors (Lipinski definition) is 1. The number of fused-ring (bicyclic) bond motifs is 1. The van der Waals surface area contributed by atoms with Gasteiger partial charge in [-0.05, 0) is 19.2 Å². The second-order valence-electron chi connectivity index (χ2n) is 4.71. The standard InChI is InChI=1S/C13H17N5/c1-17-6-8-18(9-7-17)13-12(14)15-10-4-2-3-5-11(10)16-13/h2-5H,6-9H2,1H3,(H2,14,15). The van der Waals surface area contributed by atoms with E-state index in [1.54, 1.807) is 0 Å². The van der Waals surface area contributed by atoms with E-state index in [4.69, 9.17) is 5.73 Å². The van der Waals surface area contributed by atoms with Gasteiger partial charge in [0.05, 0.1) is 11.0 Å². The predicted octanol–water partition coefficient (Wildman–Crippen LogP) is 0.964. The van der Waals surface area contributed by atoms with E-state index >= 15 is 0 Å². The Morgan fingerprint density at radius 3 is 2.28 bits per heavy atom. The molecule has 0 atom stereocenters. The van der Waals surface area contributed by atoms with Crippen LogP contribution in [0, 0.1) is 0 Å². The van der Waals surface area contributed by atoms with Crippen molar-refractivity contribution < 1.29 is 0 Å². The normalized spacial score (nSPS) is 17.3. The summed E-state index contributed by atoms with van der Waals surface area (Å²) in [5.41, 5.74) is 7.78. The summed E-state index contributed by atoms with van der Waals surface area (Å²) in [5.74, 6) is 1.35. The molecule has 1 aliphatic heterocycles. The number of nitrogen functional groups attached to an aromatic ring is 1. The van der Waals surface area contributed by atoms with Gasteiger partial charge < -0.3 is 15.5 Å². The smallest absolute Gasteiger partial charge is 0.172 e. The van der Waals surface area contributed by atoms with Gasteiger partial charge in [0.15, 0.2) is 11.6 Å². The number of anilines is 2. The number of benzene rings is 1. The molecular formula is C13H17N5. The molecule has 1 aromatic carbocycles. The molecule has 1 aromatic heterocycles. The van der Waals surface area contributed by atoms with Crippen molar-refractivity contribution in [3.63, 3.8) is 0 Å². The summed E-state index contributed by atoms with van der Waals surface area (Å²) < 4.78 is 0. The lowest BCUT2D eigenvalue weighted by Crippen LogP contribution is -2.45. The second-order valence-corrected chi connectivity index (χ2v) is 4.71. The van der Waals surface area contributed by atoms with Crippen molar-refractivity contribution in [3.8, 4) is 0 Å². The number of rotatable bonds is 1. The molecule has 1 fully saturated rings. The topological polar surface area (TPSA) is 58.3 Å². The van der Waals surface area contributed by atoms with Gasteiger partial charge >= 0.3 is 0 Å². The first-order valence-corrected chi connectivity index (χ1v) is 6.20. The quantitative estimate of drug-likeness (QED) is 0.808. The minimum Gasteiger partial charge on any atom is -0.381 e. The number of aromatic nitrogens is 2. The summed E-state index contributed by atoms with van der Waals surface area (Å²) in [6.45, 7) is 3.98. The number of likely N-dealkylation sites (N-methyl/N-ethyl adjacent to an activating group) is 1. The SMILES string of the molecule is CN1CCN(c2nc3ccccc3nc2N)CC1. The van der Waals surface area contributed by atoms with Gasteiger partial charge in [0, 0.05) is 26.2 Å². The van der Waals surface area contributed by atoms with Gasteiger partial charge in [-0.2, -0.15) is 0 Å². The molecule has 0 spiro atoms.